The second-order valence-corrected chi connectivity index (χ2v) is 5.47. The first kappa shape index (κ1) is 12.8. The fraction of sp³-hybridized carbons (Fsp3) is 0.923. The molecular weight excluding hydrogens is 216 g/mol. The molecule has 2 saturated heterocycles. The number of piperidine rings is 1. The summed E-state index contributed by atoms with van der Waals surface area (Å²) in [6.45, 7) is 5.32. The van der Waals surface area contributed by atoms with Crippen molar-refractivity contribution in [3.05, 3.63) is 0 Å². The van der Waals surface area contributed by atoms with E-state index in [2.05, 4.69) is 12.2 Å². The zero-order chi connectivity index (χ0) is 12.3. The molecule has 2 fully saturated rings. The van der Waals surface area contributed by atoms with Crippen LogP contribution in [-0.2, 0) is 4.79 Å². The maximum Gasteiger partial charge on any atom is 0.228 e. The molecule has 17 heavy (non-hydrogen) atoms. The molecule has 2 N–H and O–H groups in total. The molecule has 2 heterocycles. The largest absolute Gasteiger partial charge is 0.391 e. The monoisotopic (exact) mass is 240 g/mol. The van der Waals surface area contributed by atoms with E-state index in [1.807, 2.05) is 4.90 Å². The van der Waals surface area contributed by atoms with Crippen molar-refractivity contribution < 1.29 is 9.90 Å². The standard InChI is InChI=1S/C13H24N2O2/c1-2-4-13(5-7-14-8-6-13)12(17)15-9-3-11(16)10-15/h11,14,16H,2-10H2,1H3/t11-/m0/s1. The van der Waals surface area contributed by atoms with Gasteiger partial charge in [-0.2, -0.15) is 0 Å². The van der Waals surface area contributed by atoms with Crippen LogP contribution in [-0.4, -0.2) is 48.2 Å². The van der Waals surface area contributed by atoms with Crippen LogP contribution >= 0.6 is 0 Å². The van der Waals surface area contributed by atoms with Crippen molar-refractivity contribution in [2.75, 3.05) is 26.2 Å². The summed E-state index contributed by atoms with van der Waals surface area (Å²) in [4.78, 5) is 14.5. The van der Waals surface area contributed by atoms with Gasteiger partial charge in [0.2, 0.25) is 5.91 Å². The molecular formula is C13H24N2O2. The second kappa shape index (κ2) is 5.36. The van der Waals surface area contributed by atoms with E-state index < -0.39 is 0 Å². The fourth-order valence-electron chi connectivity index (χ4n) is 3.22. The van der Waals surface area contributed by atoms with Crippen LogP contribution in [0.15, 0.2) is 0 Å². The molecule has 98 valence electrons. The number of carbonyl (C=O) groups excluding carboxylic acids is 1. The minimum Gasteiger partial charge on any atom is -0.391 e. The maximum atomic E-state index is 12.6. The second-order valence-electron chi connectivity index (χ2n) is 5.47. The molecule has 0 aromatic heterocycles. The van der Waals surface area contributed by atoms with Crippen LogP contribution in [0.25, 0.3) is 0 Å². The zero-order valence-corrected chi connectivity index (χ0v) is 10.7. The first-order valence-electron chi connectivity index (χ1n) is 6.86. The van der Waals surface area contributed by atoms with Crippen molar-refractivity contribution >= 4 is 5.91 Å². The maximum absolute atomic E-state index is 12.6. The van der Waals surface area contributed by atoms with Crippen molar-refractivity contribution in [1.29, 1.82) is 0 Å². The summed E-state index contributed by atoms with van der Waals surface area (Å²) in [5.74, 6) is 0.289. The summed E-state index contributed by atoms with van der Waals surface area (Å²) < 4.78 is 0. The topological polar surface area (TPSA) is 52.6 Å². The number of rotatable bonds is 3. The van der Waals surface area contributed by atoms with Gasteiger partial charge in [-0.25, -0.2) is 0 Å². The number of likely N-dealkylation sites (tertiary alicyclic amines) is 1. The highest BCUT2D eigenvalue weighted by molar-refractivity contribution is 5.83. The highest BCUT2D eigenvalue weighted by atomic mass is 16.3. The van der Waals surface area contributed by atoms with Gasteiger partial charge in [-0.1, -0.05) is 13.3 Å². The number of carbonyl (C=O) groups is 1. The van der Waals surface area contributed by atoms with E-state index in [4.69, 9.17) is 0 Å². The Balaban J connectivity index is 2.06. The Morgan fingerprint density at radius 2 is 2.18 bits per heavy atom. The molecule has 0 radical (unpaired) electrons. The summed E-state index contributed by atoms with van der Waals surface area (Å²) in [5, 5.41) is 12.9. The van der Waals surface area contributed by atoms with E-state index in [1.54, 1.807) is 0 Å². The number of nitrogens with zero attached hydrogens (tertiary/aromatic N) is 1. The molecule has 4 nitrogen and oxygen atoms in total. The van der Waals surface area contributed by atoms with E-state index in [9.17, 15) is 9.90 Å². The van der Waals surface area contributed by atoms with E-state index in [-0.39, 0.29) is 17.4 Å². The molecule has 1 atom stereocenters. The van der Waals surface area contributed by atoms with Gasteiger partial charge < -0.3 is 15.3 Å². The Hall–Kier alpha value is -0.610. The van der Waals surface area contributed by atoms with E-state index >= 15 is 0 Å². The number of hydrogen-bond donors (Lipinski definition) is 2. The quantitative estimate of drug-likeness (QED) is 0.765. The molecule has 0 spiro atoms. The highest BCUT2D eigenvalue weighted by Gasteiger charge is 2.42. The minimum absolute atomic E-state index is 0.149. The smallest absolute Gasteiger partial charge is 0.228 e. The van der Waals surface area contributed by atoms with Crippen LogP contribution in [0.1, 0.15) is 39.0 Å². The van der Waals surface area contributed by atoms with Crippen LogP contribution in [0.4, 0.5) is 0 Å². The molecule has 2 rings (SSSR count). The Morgan fingerprint density at radius 3 is 2.71 bits per heavy atom. The van der Waals surface area contributed by atoms with Crippen LogP contribution in [0, 0.1) is 5.41 Å². The minimum atomic E-state index is -0.306. The predicted octanol–water partition coefficient (Wildman–Crippen LogP) is 0.750. The number of amides is 1. The summed E-state index contributed by atoms with van der Waals surface area (Å²) >= 11 is 0. The van der Waals surface area contributed by atoms with E-state index in [1.165, 1.54) is 0 Å². The SMILES string of the molecule is CCCC1(C(=O)N2CC[C@H](O)C2)CCNCC1. The third kappa shape index (κ3) is 2.63. The van der Waals surface area contributed by atoms with Crippen molar-refractivity contribution in [3.63, 3.8) is 0 Å². The van der Waals surface area contributed by atoms with Crippen molar-refractivity contribution in [3.8, 4) is 0 Å². The Kier molecular flexibility index (Phi) is 4.05. The Bertz CT molecular complexity index is 269. The third-order valence-electron chi connectivity index (χ3n) is 4.19. The average molecular weight is 240 g/mol. The lowest BCUT2D eigenvalue weighted by Gasteiger charge is -2.39. The molecule has 0 aromatic rings. The van der Waals surface area contributed by atoms with Gasteiger partial charge in [0.15, 0.2) is 0 Å². The zero-order valence-electron chi connectivity index (χ0n) is 10.7. The number of β-amino-alcohol motifs (C(OH)–C–C–N with tert-alkyl or cyclic N) is 1. The van der Waals surface area contributed by atoms with Crippen molar-refractivity contribution in [2.24, 2.45) is 5.41 Å². The number of aliphatic hydroxyl groups is 1. The van der Waals surface area contributed by atoms with Crippen LogP contribution in [0.2, 0.25) is 0 Å². The van der Waals surface area contributed by atoms with Gasteiger partial charge in [-0.05, 0) is 38.8 Å². The van der Waals surface area contributed by atoms with Crippen molar-refractivity contribution in [2.45, 2.75) is 45.1 Å². The van der Waals surface area contributed by atoms with E-state index in [0.717, 1.165) is 51.7 Å². The Labute approximate surface area is 103 Å². The van der Waals surface area contributed by atoms with Gasteiger partial charge >= 0.3 is 0 Å². The summed E-state index contributed by atoms with van der Waals surface area (Å²) in [6.07, 6.45) is 4.38. The number of hydrogen-bond acceptors (Lipinski definition) is 3. The van der Waals surface area contributed by atoms with Gasteiger partial charge in [0.25, 0.3) is 0 Å². The van der Waals surface area contributed by atoms with Gasteiger partial charge in [0, 0.05) is 13.1 Å². The predicted molar refractivity (Wildman–Crippen MR) is 66.6 cm³/mol. The van der Waals surface area contributed by atoms with Gasteiger partial charge in [0.1, 0.15) is 0 Å². The molecule has 0 bridgehead atoms. The van der Waals surface area contributed by atoms with Crippen LogP contribution in [0.5, 0.6) is 0 Å². The molecule has 0 saturated carbocycles. The van der Waals surface area contributed by atoms with Gasteiger partial charge in [0.05, 0.1) is 11.5 Å². The molecule has 0 aromatic carbocycles. The molecule has 4 heteroatoms. The normalized spacial score (nSPS) is 28.4. The van der Waals surface area contributed by atoms with Crippen LogP contribution in [0.3, 0.4) is 0 Å². The first-order chi connectivity index (χ1) is 8.18. The lowest BCUT2D eigenvalue weighted by atomic mass is 9.74. The average Bonchev–Trinajstić information content (AvgIpc) is 2.76. The molecule has 1 amide bonds. The van der Waals surface area contributed by atoms with Gasteiger partial charge in [-0.15, -0.1) is 0 Å². The third-order valence-corrected chi connectivity index (χ3v) is 4.19. The number of nitrogens with one attached hydrogen (secondary N) is 1. The molecule has 2 aliphatic rings. The first-order valence-corrected chi connectivity index (χ1v) is 6.86. The molecule has 0 aliphatic carbocycles. The van der Waals surface area contributed by atoms with Crippen LogP contribution < -0.4 is 5.32 Å². The number of aliphatic hydroxyl groups excluding tert-OH is 1. The molecule has 2 aliphatic heterocycles. The highest BCUT2D eigenvalue weighted by Crippen LogP contribution is 2.36. The lowest BCUT2D eigenvalue weighted by molar-refractivity contribution is -0.143. The summed E-state index contributed by atoms with van der Waals surface area (Å²) in [7, 11) is 0. The van der Waals surface area contributed by atoms with E-state index in [0.29, 0.717) is 6.54 Å². The van der Waals surface area contributed by atoms with Crippen molar-refractivity contribution in [1.82, 2.24) is 10.2 Å². The van der Waals surface area contributed by atoms with Gasteiger partial charge in [-0.3, -0.25) is 4.79 Å². The lowest BCUT2D eigenvalue weighted by Crippen LogP contribution is -2.48. The molecule has 0 unspecified atom stereocenters. The summed E-state index contributed by atoms with van der Waals surface area (Å²) in [6, 6.07) is 0. The Morgan fingerprint density at radius 1 is 1.47 bits per heavy atom. The summed E-state index contributed by atoms with van der Waals surface area (Å²) in [5.41, 5.74) is -0.149. The fourth-order valence-corrected chi connectivity index (χ4v) is 3.22.